The Balaban J connectivity index is 1.96. The van der Waals surface area contributed by atoms with Gasteiger partial charge in [-0.15, -0.1) is 0 Å². The van der Waals surface area contributed by atoms with Gasteiger partial charge in [-0.05, 0) is 44.4 Å². The number of anilines is 1. The van der Waals surface area contributed by atoms with E-state index in [9.17, 15) is 9.90 Å². The van der Waals surface area contributed by atoms with E-state index in [1.54, 1.807) is 0 Å². The molecule has 0 saturated carbocycles. The number of piperidine rings is 1. The molecule has 1 aromatic carbocycles. The first kappa shape index (κ1) is 16.0. The molecule has 2 atom stereocenters. The van der Waals surface area contributed by atoms with Crippen LogP contribution in [0.1, 0.15) is 38.2 Å². The van der Waals surface area contributed by atoms with Crippen LogP contribution < -0.4 is 5.32 Å². The number of rotatable bonds is 5. The molecule has 21 heavy (non-hydrogen) atoms. The van der Waals surface area contributed by atoms with Gasteiger partial charge in [0, 0.05) is 11.7 Å². The zero-order chi connectivity index (χ0) is 15.2. The van der Waals surface area contributed by atoms with Crippen LogP contribution >= 0.6 is 0 Å². The highest BCUT2D eigenvalue weighted by Gasteiger charge is 2.28. The number of para-hydroxylation sites is 1. The van der Waals surface area contributed by atoms with E-state index in [4.69, 9.17) is 0 Å². The molecule has 1 aromatic rings. The fourth-order valence-corrected chi connectivity index (χ4v) is 3.01. The van der Waals surface area contributed by atoms with Gasteiger partial charge in [-0.1, -0.05) is 31.5 Å². The topological polar surface area (TPSA) is 52.6 Å². The predicted molar refractivity (Wildman–Crippen MR) is 85.3 cm³/mol. The maximum atomic E-state index is 12.3. The first-order valence-corrected chi connectivity index (χ1v) is 7.89. The van der Waals surface area contributed by atoms with Crippen molar-refractivity contribution in [3.05, 3.63) is 29.8 Å². The summed E-state index contributed by atoms with van der Waals surface area (Å²) >= 11 is 0. The Morgan fingerprint density at radius 3 is 2.90 bits per heavy atom. The third kappa shape index (κ3) is 4.29. The maximum Gasteiger partial charge on any atom is 0.238 e. The molecule has 0 spiro atoms. The van der Waals surface area contributed by atoms with E-state index >= 15 is 0 Å². The monoisotopic (exact) mass is 290 g/mol. The van der Waals surface area contributed by atoms with E-state index in [0.29, 0.717) is 6.54 Å². The van der Waals surface area contributed by atoms with E-state index in [2.05, 4.69) is 10.2 Å². The van der Waals surface area contributed by atoms with Crippen LogP contribution in [-0.2, 0) is 4.79 Å². The second kappa shape index (κ2) is 7.57. The second-order valence-corrected chi connectivity index (χ2v) is 5.87. The van der Waals surface area contributed by atoms with Crippen molar-refractivity contribution in [2.24, 2.45) is 0 Å². The zero-order valence-electron chi connectivity index (χ0n) is 13.0. The number of aliphatic hydroxyl groups is 1. The van der Waals surface area contributed by atoms with Gasteiger partial charge in [0.2, 0.25) is 5.91 Å². The normalized spacial score (nSPS) is 21.0. The highest BCUT2D eigenvalue weighted by molar-refractivity contribution is 5.92. The number of benzene rings is 1. The van der Waals surface area contributed by atoms with Crippen molar-refractivity contribution in [2.45, 2.75) is 51.7 Å². The van der Waals surface area contributed by atoms with Crippen LogP contribution in [0.3, 0.4) is 0 Å². The van der Waals surface area contributed by atoms with Gasteiger partial charge in [-0.3, -0.25) is 9.69 Å². The number of hydrogen-bond acceptors (Lipinski definition) is 3. The highest BCUT2D eigenvalue weighted by Crippen LogP contribution is 2.21. The van der Waals surface area contributed by atoms with Crippen LogP contribution in [0.5, 0.6) is 0 Å². The predicted octanol–water partition coefficient (Wildman–Crippen LogP) is 2.56. The lowest BCUT2D eigenvalue weighted by atomic mass is 9.96. The number of hydrogen-bond donors (Lipinski definition) is 2. The van der Waals surface area contributed by atoms with E-state index < -0.39 is 0 Å². The van der Waals surface area contributed by atoms with Crippen molar-refractivity contribution >= 4 is 11.6 Å². The van der Waals surface area contributed by atoms with E-state index in [0.717, 1.165) is 43.5 Å². The number of carbonyl (C=O) groups is 1. The smallest absolute Gasteiger partial charge is 0.238 e. The summed E-state index contributed by atoms with van der Waals surface area (Å²) in [5, 5.41) is 13.1. The molecule has 2 N–H and O–H groups in total. The molecule has 1 heterocycles. The van der Waals surface area contributed by atoms with Gasteiger partial charge >= 0.3 is 0 Å². The number of aliphatic hydroxyl groups excluding tert-OH is 1. The molecule has 1 aliphatic heterocycles. The lowest BCUT2D eigenvalue weighted by Crippen LogP contribution is -2.49. The zero-order valence-corrected chi connectivity index (χ0v) is 13.0. The minimum absolute atomic E-state index is 0.000460. The molecule has 1 fully saturated rings. The Hall–Kier alpha value is -1.39. The molecule has 116 valence electrons. The molecule has 4 nitrogen and oxygen atoms in total. The van der Waals surface area contributed by atoms with Crippen LogP contribution in [-0.4, -0.2) is 41.1 Å². The van der Waals surface area contributed by atoms with Gasteiger partial charge in [-0.25, -0.2) is 0 Å². The molecule has 1 saturated heterocycles. The Morgan fingerprint density at radius 2 is 2.19 bits per heavy atom. The van der Waals surface area contributed by atoms with Gasteiger partial charge in [0.15, 0.2) is 0 Å². The minimum Gasteiger partial charge on any atom is -0.392 e. The first-order chi connectivity index (χ1) is 10.1. The van der Waals surface area contributed by atoms with Crippen LogP contribution in [0.25, 0.3) is 0 Å². The van der Waals surface area contributed by atoms with Gasteiger partial charge in [0.25, 0.3) is 0 Å². The summed E-state index contributed by atoms with van der Waals surface area (Å²) < 4.78 is 0. The number of nitrogens with zero attached hydrogens (tertiary/aromatic N) is 1. The average molecular weight is 290 g/mol. The Kier molecular flexibility index (Phi) is 5.76. The number of amides is 1. The fraction of sp³-hybridized carbons (Fsp3) is 0.588. The molecule has 1 aliphatic rings. The van der Waals surface area contributed by atoms with Crippen LogP contribution in [0.15, 0.2) is 24.3 Å². The molecule has 0 aliphatic carbocycles. The Bertz CT molecular complexity index is 476. The fourth-order valence-electron chi connectivity index (χ4n) is 3.01. The van der Waals surface area contributed by atoms with Gasteiger partial charge in [0.05, 0.1) is 12.6 Å². The second-order valence-electron chi connectivity index (χ2n) is 5.87. The summed E-state index contributed by atoms with van der Waals surface area (Å²) in [5.41, 5.74) is 1.93. The van der Waals surface area contributed by atoms with Crippen molar-refractivity contribution in [1.29, 1.82) is 0 Å². The SMILES string of the molecule is CCC(O)C1CCCCN1CC(=O)Nc1ccccc1C. The highest BCUT2D eigenvalue weighted by atomic mass is 16.3. The number of aryl methyl sites for hydroxylation is 1. The quantitative estimate of drug-likeness (QED) is 0.876. The molecule has 4 heteroatoms. The van der Waals surface area contributed by atoms with Crippen LogP contribution in [0.2, 0.25) is 0 Å². The lowest BCUT2D eigenvalue weighted by molar-refractivity contribution is -0.119. The minimum atomic E-state index is -0.337. The van der Waals surface area contributed by atoms with E-state index in [-0.39, 0.29) is 18.1 Å². The Labute approximate surface area is 127 Å². The number of carbonyl (C=O) groups excluding carboxylic acids is 1. The number of likely N-dealkylation sites (tertiary alicyclic amines) is 1. The largest absolute Gasteiger partial charge is 0.392 e. The van der Waals surface area contributed by atoms with Crippen molar-refractivity contribution in [2.75, 3.05) is 18.4 Å². The molecular weight excluding hydrogens is 264 g/mol. The molecule has 2 rings (SSSR count). The van der Waals surface area contributed by atoms with Crippen molar-refractivity contribution in [3.8, 4) is 0 Å². The van der Waals surface area contributed by atoms with Gasteiger partial charge in [0.1, 0.15) is 0 Å². The molecular formula is C17H26N2O2. The molecule has 2 unspecified atom stereocenters. The summed E-state index contributed by atoms with van der Waals surface area (Å²) in [4.78, 5) is 14.4. The van der Waals surface area contributed by atoms with Crippen molar-refractivity contribution in [3.63, 3.8) is 0 Å². The maximum absolute atomic E-state index is 12.3. The van der Waals surface area contributed by atoms with Crippen LogP contribution in [0.4, 0.5) is 5.69 Å². The first-order valence-electron chi connectivity index (χ1n) is 7.89. The van der Waals surface area contributed by atoms with Crippen molar-refractivity contribution < 1.29 is 9.90 Å². The molecule has 0 bridgehead atoms. The standard InChI is InChI=1S/C17H26N2O2/c1-3-16(20)15-10-6-7-11-19(15)12-17(21)18-14-9-5-4-8-13(14)2/h4-5,8-9,15-16,20H,3,6-7,10-12H2,1-2H3,(H,18,21). The number of nitrogens with one attached hydrogen (secondary N) is 1. The van der Waals surface area contributed by atoms with Crippen LogP contribution in [0, 0.1) is 6.92 Å². The summed E-state index contributed by atoms with van der Waals surface area (Å²) in [6, 6.07) is 7.91. The summed E-state index contributed by atoms with van der Waals surface area (Å²) in [6.45, 7) is 5.23. The summed E-state index contributed by atoms with van der Waals surface area (Å²) in [6.07, 6.45) is 3.62. The lowest BCUT2D eigenvalue weighted by Gasteiger charge is -2.37. The molecule has 1 amide bonds. The third-order valence-corrected chi connectivity index (χ3v) is 4.29. The summed E-state index contributed by atoms with van der Waals surface area (Å²) in [7, 11) is 0. The molecule has 0 aromatic heterocycles. The van der Waals surface area contributed by atoms with E-state index in [1.165, 1.54) is 0 Å². The molecule has 0 radical (unpaired) electrons. The van der Waals surface area contributed by atoms with Gasteiger partial charge < -0.3 is 10.4 Å². The third-order valence-electron chi connectivity index (χ3n) is 4.29. The Morgan fingerprint density at radius 1 is 1.43 bits per heavy atom. The van der Waals surface area contributed by atoms with Gasteiger partial charge in [-0.2, -0.15) is 0 Å². The average Bonchev–Trinajstić information content (AvgIpc) is 2.49. The summed E-state index contributed by atoms with van der Waals surface area (Å²) in [5.74, 6) is -0.000460. The van der Waals surface area contributed by atoms with E-state index in [1.807, 2.05) is 38.1 Å². The van der Waals surface area contributed by atoms with Crippen molar-refractivity contribution in [1.82, 2.24) is 4.90 Å².